The van der Waals surface area contributed by atoms with E-state index in [1.54, 1.807) is 0 Å². The van der Waals surface area contributed by atoms with Crippen LogP contribution in [0.1, 0.15) is 6.92 Å². The predicted octanol–water partition coefficient (Wildman–Crippen LogP) is 0.621. The predicted molar refractivity (Wildman–Crippen MR) is 115 cm³/mol. The first-order valence-corrected chi connectivity index (χ1v) is 10.2. The number of phenols is 2. The minimum Gasteiger partial charge on any atom is -0.508 e. The SMILES string of the molecule is CC(=O)OC[C@@H]1O[C@@H](Oc2cc(O)c3c(=O)c(-c4ccc(O)cc4)coc3c2)[C@H](O)[C@H](O)[C@H]1O. The molecule has 0 bridgehead atoms. The van der Waals surface area contributed by atoms with E-state index in [1.807, 2.05) is 0 Å². The van der Waals surface area contributed by atoms with Crippen molar-refractivity contribution in [3.63, 3.8) is 0 Å². The molecule has 0 aliphatic carbocycles. The van der Waals surface area contributed by atoms with Crippen LogP contribution in [0.4, 0.5) is 0 Å². The summed E-state index contributed by atoms with van der Waals surface area (Å²) >= 11 is 0. The van der Waals surface area contributed by atoms with Crippen molar-refractivity contribution in [2.75, 3.05) is 6.61 Å². The highest BCUT2D eigenvalue weighted by molar-refractivity contribution is 5.88. The molecule has 1 aromatic heterocycles. The number of carbonyl (C=O) groups is 1. The van der Waals surface area contributed by atoms with Crippen molar-refractivity contribution in [3.05, 3.63) is 52.9 Å². The third-order valence-corrected chi connectivity index (χ3v) is 5.38. The third-order valence-electron chi connectivity index (χ3n) is 5.38. The summed E-state index contributed by atoms with van der Waals surface area (Å²) in [4.78, 5) is 24.0. The number of phenolic OH excluding ortho intramolecular Hbond substituents is 2. The van der Waals surface area contributed by atoms with Gasteiger partial charge < -0.3 is 44.2 Å². The number of esters is 1. The van der Waals surface area contributed by atoms with Gasteiger partial charge in [0, 0.05) is 19.1 Å². The quantitative estimate of drug-likeness (QED) is 0.328. The molecule has 0 amide bonds. The van der Waals surface area contributed by atoms with Gasteiger partial charge in [-0.3, -0.25) is 9.59 Å². The Morgan fingerprint density at radius 2 is 1.74 bits per heavy atom. The minimum atomic E-state index is -1.68. The Morgan fingerprint density at radius 3 is 2.41 bits per heavy atom. The first-order valence-electron chi connectivity index (χ1n) is 10.2. The number of aliphatic hydroxyl groups is 3. The molecule has 5 N–H and O–H groups in total. The van der Waals surface area contributed by atoms with Gasteiger partial charge in [0.25, 0.3) is 0 Å². The molecule has 0 unspecified atom stereocenters. The Bertz CT molecular complexity index is 1250. The van der Waals surface area contributed by atoms with Gasteiger partial charge >= 0.3 is 5.97 Å². The highest BCUT2D eigenvalue weighted by Crippen LogP contribution is 2.32. The molecule has 0 spiro atoms. The molecule has 11 heteroatoms. The molecular weight excluding hydrogens is 452 g/mol. The maximum absolute atomic E-state index is 12.9. The van der Waals surface area contributed by atoms with Gasteiger partial charge in [-0.25, -0.2) is 0 Å². The molecule has 1 aliphatic rings. The first kappa shape index (κ1) is 23.5. The molecule has 34 heavy (non-hydrogen) atoms. The highest BCUT2D eigenvalue weighted by atomic mass is 16.7. The summed E-state index contributed by atoms with van der Waals surface area (Å²) < 4.78 is 21.3. The lowest BCUT2D eigenvalue weighted by Crippen LogP contribution is -2.60. The van der Waals surface area contributed by atoms with Crippen molar-refractivity contribution in [2.45, 2.75) is 37.6 Å². The van der Waals surface area contributed by atoms with E-state index >= 15 is 0 Å². The molecule has 1 fully saturated rings. The zero-order chi connectivity index (χ0) is 24.6. The molecule has 2 heterocycles. The molecule has 0 radical (unpaired) electrons. The Balaban J connectivity index is 1.62. The molecule has 3 aromatic rings. The number of hydrogen-bond acceptors (Lipinski definition) is 11. The van der Waals surface area contributed by atoms with Gasteiger partial charge in [-0.1, -0.05) is 12.1 Å². The number of aliphatic hydroxyl groups excluding tert-OH is 3. The summed E-state index contributed by atoms with van der Waals surface area (Å²) in [6.45, 7) is 0.769. The number of fused-ring (bicyclic) bond motifs is 1. The molecule has 5 atom stereocenters. The van der Waals surface area contributed by atoms with Crippen LogP contribution in [-0.4, -0.2) is 68.8 Å². The average molecular weight is 474 g/mol. The molecule has 4 rings (SSSR count). The molecule has 11 nitrogen and oxygen atoms in total. The number of ether oxygens (including phenoxy) is 3. The summed E-state index contributed by atoms with van der Waals surface area (Å²) in [5.41, 5.74) is 0.0843. The number of rotatable bonds is 5. The van der Waals surface area contributed by atoms with Crippen LogP contribution in [0.2, 0.25) is 0 Å². The second-order valence-corrected chi connectivity index (χ2v) is 7.78. The van der Waals surface area contributed by atoms with Gasteiger partial charge in [-0.2, -0.15) is 0 Å². The normalized spacial score (nSPS) is 24.6. The van der Waals surface area contributed by atoms with Gasteiger partial charge in [0.05, 0.1) is 5.56 Å². The fourth-order valence-corrected chi connectivity index (χ4v) is 3.60. The summed E-state index contributed by atoms with van der Waals surface area (Å²) in [7, 11) is 0. The van der Waals surface area contributed by atoms with Gasteiger partial charge in [0.15, 0.2) is 0 Å². The van der Waals surface area contributed by atoms with E-state index < -0.39 is 54.5 Å². The zero-order valence-electron chi connectivity index (χ0n) is 17.8. The van der Waals surface area contributed by atoms with E-state index in [0.29, 0.717) is 5.56 Å². The fourth-order valence-electron chi connectivity index (χ4n) is 3.60. The van der Waals surface area contributed by atoms with E-state index in [9.17, 15) is 35.1 Å². The standard InChI is InChI=1S/C23H22O11/c1-10(24)31-9-17-20(28)21(29)22(30)23(34-17)33-13-6-15(26)18-16(7-13)32-8-14(19(18)27)11-2-4-12(25)5-3-11/h2-8,17,20-23,25-26,28-30H,9H2,1H3/t17-,20-,21+,22+,23+/m0/s1. The van der Waals surface area contributed by atoms with Gasteiger partial charge in [-0.05, 0) is 17.7 Å². The third kappa shape index (κ3) is 4.54. The largest absolute Gasteiger partial charge is 0.508 e. The smallest absolute Gasteiger partial charge is 0.302 e. The molecule has 1 saturated heterocycles. The van der Waals surface area contributed by atoms with Crippen LogP contribution in [-0.2, 0) is 14.3 Å². The molecule has 1 aliphatic heterocycles. The monoisotopic (exact) mass is 474 g/mol. The lowest BCUT2D eigenvalue weighted by molar-refractivity contribution is -0.278. The number of aromatic hydroxyl groups is 2. The zero-order valence-corrected chi connectivity index (χ0v) is 17.8. The Kier molecular flexibility index (Phi) is 6.44. The van der Waals surface area contributed by atoms with Crippen LogP contribution < -0.4 is 10.2 Å². The number of carbonyl (C=O) groups excluding carboxylic acids is 1. The summed E-state index contributed by atoms with van der Waals surface area (Å²) in [6, 6.07) is 8.25. The highest BCUT2D eigenvalue weighted by Gasteiger charge is 2.45. The van der Waals surface area contributed by atoms with Crippen LogP contribution in [0.25, 0.3) is 22.1 Å². The van der Waals surface area contributed by atoms with Crippen LogP contribution in [0, 0.1) is 0 Å². The lowest BCUT2D eigenvalue weighted by Gasteiger charge is -2.39. The van der Waals surface area contributed by atoms with Gasteiger partial charge in [0.1, 0.15) is 65.5 Å². The van der Waals surface area contributed by atoms with E-state index in [4.69, 9.17) is 18.6 Å². The molecule has 0 saturated carbocycles. The minimum absolute atomic E-state index is 0.0233. The van der Waals surface area contributed by atoms with Crippen LogP contribution >= 0.6 is 0 Å². The van der Waals surface area contributed by atoms with Crippen molar-refractivity contribution < 1.29 is 49.0 Å². The van der Waals surface area contributed by atoms with Crippen molar-refractivity contribution in [3.8, 4) is 28.4 Å². The Hall–Kier alpha value is -3.64. The van der Waals surface area contributed by atoms with E-state index in [-0.39, 0.29) is 28.0 Å². The lowest BCUT2D eigenvalue weighted by atomic mass is 9.99. The fraction of sp³-hybridized carbons (Fsp3) is 0.304. The summed E-state index contributed by atoms with van der Waals surface area (Å²) in [5, 5.41) is 50.3. The van der Waals surface area contributed by atoms with Crippen LogP contribution in [0.3, 0.4) is 0 Å². The molecule has 2 aromatic carbocycles. The van der Waals surface area contributed by atoms with Crippen molar-refractivity contribution in [1.29, 1.82) is 0 Å². The maximum atomic E-state index is 12.9. The second kappa shape index (κ2) is 9.31. The average Bonchev–Trinajstić information content (AvgIpc) is 2.79. The van der Waals surface area contributed by atoms with Crippen molar-refractivity contribution in [2.24, 2.45) is 0 Å². The summed E-state index contributed by atoms with van der Waals surface area (Å²) in [5.74, 6) is -1.14. The molecule has 180 valence electrons. The van der Waals surface area contributed by atoms with Crippen LogP contribution in [0.15, 0.2) is 51.9 Å². The summed E-state index contributed by atoms with van der Waals surface area (Å²) in [6.07, 6.45) is -6.38. The van der Waals surface area contributed by atoms with E-state index in [2.05, 4.69) is 0 Å². The van der Waals surface area contributed by atoms with Crippen molar-refractivity contribution >= 4 is 16.9 Å². The van der Waals surface area contributed by atoms with Crippen LogP contribution in [0.5, 0.6) is 17.2 Å². The number of benzene rings is 2. The van der Waals surface area contributed by atoms with E-state index in [0.717, 1.165) is 13.0 Å². The maximum Gasteiger partial charge on any atom is 0.302 e. The first-order chi connectivity index (χ1) is 16.2. The van der Waals surface area contributed by atoms with Crippen molar-refractivity contribution in [1.82, 2.24) is 0 Å². The second-order valence-electron chi connectivity index (χ2n) is 7.78. The van der Waals surface area contributed by atoms with Gasteiger partial charge in [-0.15, -0.1) is 0 Å². The van der Waals surface area contributed by atoms with E-state index in [1.165, 1.54) is 36.6 Å². The van der Waals surface area contributed by atoms with Gasteiger partial charge in [0.2, 0.25) is 11.7 Å². The Labute approximate surface area is 192 Å². The number of hydrogen-bond donors (Lipinski definition) is 5. The Morgan fingerprint density at radius 1 is 1.03 bits per heavy atom. The molecular formula is C23H22O11. The topological polar surface area (TPSA) is 176 Å².